The Hall–Kier alpha value is -3.18. The van der Waals surface area contributed by atoms with Gasteiger partial charge in [0.2, 0.25) is 0 Å². The molecular weight excluding hydrogens is 446 g/mol. The zero-order chi connectivity index (χ0) is 24.7. The summed E-state index contributed by atoms with van der Waals surface area (Å²) in [7, 11) is 5.67. The number of likely N-dealkylation sites (tertiary alicyclic amines) is 1. The van der Waals surface area contributed by atoms with Crippen LogP contribution in [-0.4, -0.2) is 100 Å². The molecule has 5 rings (SSSR count). The number of H-pyrrole nitrogens is 1. The Morgan fingerprint density at radius 3 is 2.80 bits per heavy atom. The van der Waals surface area contributed by atoms with Gasteiger partial charge in [-0.3, -0.25) is 14.8 Å². The van der Waals surface area contributed by atoms with Crippen LogP contribution in [0.15, 0.2) is 18.5 Å². The van der Waals surface area contributed by atoms with Gasteiger partial charge in [-0.15, -0.1) is 0 Å². The van der Waals surface area contributed by atoms with Crippen LogP contribution < -0.4 is 10.2 Å². The molecule has 2 aliphatic heterocycles. The summed E-state index contributed by atoms with van der Waals surface area (Å²) in [4.78, 5) is 23.9. The first kappa shape index (κ1) is 23.6. The van der Waals surface area contributed by atoms with E-state index in [1.807, 2.05) is 19.3 Å². The first-order chi connectivity index (χ1) is 16.8. The molecule has 0 bridgehead atoms. The minimum Gasteiger partial charge on any atom is -0.378 e. The first-order valence-corrected chi connectivity index (χ1v) is 12.2. The molecule has 2 saturated heterocycles. The van der Waals surface area contributed by atoms with Gasteiger partial charge in [0, 0.05) is 52.6 Å². The van der Waals surface area contributed by atoms with Gasteiger partial charge in [-0.1, -0.05) is 13.8 Å². The molecule has 1 atom stereocenters. The summed E-state index contributed by atoms with van der Waals surface area (Å²) in [5.74, 6) is 1.38. The summed E-state index contributed by atoms with van der Waals surface area (Å²) in [6.07, 6.45) is 4.72. The van der Waals surface area contributed by atoms with Crippen LogP contribution in [0.1, 0.15) is 20.3 Å². The van der Waals surface area contributed by atoms with Gasteiger partial charge < -0.3 is 24.8 Å². The summed E-state index contributed by atoms with van der Waals surface area (Å²) >= 11 is 0. The Bertz CT molecular complexity index is 1200. The van der Waals surface area contributed by atoms with E-state index >= 15 is 0 Å². The van der Waals surface area contributed by atoms with Crippen molar-refractivity contribution in [2.75, 3.05) is 57.6 Å². The molecule has 35 heavy (non-hydrogen) atoms. The van der Waals surface area contributed by atoms with Gasteiger partial charge in [-0.2, -0.15) is 10.2 Å². The molecule has 2 amide bonds. The van der Waals surface area contributed by atoms with Crippen molar-refractivity contribution >= 4 is 28.4 Å². The van der Waals surface area contributed by atoms with E-state index in [0.717, 1.165) is 55.9 Å². The number of likely N-dealkylation sites (N-methyl/N-ethyl adjacent to an activating group) is 2. The van der Waals surface area contributed by atoms with Crippen molar-refractivity contribution < 1.29 is 9.53 Å². The lowest BCUT2D eigenvalue weighted by Gasteiger charge is -2.38. The molecule has 0 saturated carbocycles. The maximum atomic E-state index is 12.9. The number of ether oxygens (including phenoxy) is 1. The molecule has 2 N–H and O–H groups in total. The number of methoxy groups -OCH3 is 1. The van der Waals surface area contributed by atoms with Crippen molar-refractivity contribution in [3.8, 4) is 11.4 Å². The lowest BCUT2D eigenvalue weighted by molar-refractivity contribution is 0.0783. The number of pyridine rings is 1. The van der Waals surface area contributed by atoms with Gasteiger partial charge in [0.15, 0.2) is 5.82 Å². The maximum absolute atomic E-state index is 12.9. The van der Waals surface area contributed by atoms with Crippen LogP contribution in [0.25, 0.3) is 22.3 Å². The van der Waals surface area contributed by atoms with E-state index in [-0.39, 0.29) is 18.2 Å². The number of fused-ring (bicyclic) bond motifs is 1. The Morgan fingerprint density at radius 2 is 2.11 bits per heavy atom. The number of nitrogens with one attached hydrogen (secondary N) is 2. The van der Waals surface area contributed by atoms with Gasteiger partial charge in [-0.05, 0) is 32.0 Å². The van der Waals surface area contributed by atoms with E-state index in [2.05, 4.69) is 50.9 Å². The monoisotopic (exact) mass is 481 g/mol. The number of anilines is 2. The number of nitrogens with zero attached hydrogens (tertiary/aromatic N) is 7. The molecule has 0 unspecified atom stereocenters. The van der Waals surface area contributed by atoms with Crippen LogP contribution in [0.2, 0.25) is 0 Å². The van der Waals surface area contributed by atoms with Gasteiger partial charge in [0.25, 0.3) is 0 Å². The number of aromatic amines is 1. The van der Waals surface area contributed by atoms with Crippen molar-refractivity contribution in [3.63, 3.8) is 0 Å². The second-order valence-electron chi connectivity index (χ2n) is 10.2. The normalized spacial score (nSPS) is 19.0. The Kier molecular flexibility index (Phi) is 6.37. The number of rotatable bonds is 7. The van der Waals surface area contributed by atoms with Gasteiger partial charge in [0.05, 0.1) is 34.6 Å². The fourth-order valence-corrected chi connectivity index (χ4v) is 4.84. The second kappa shape index (κ2) is 9.46. The third-order valence-electron chi connectivity index (χ3n) is 7.01. The highest BCUT2D eigenvalue weighted by Crippen LogP contribution is 2.33. The maximum Gasteiger partial charge on any atom is 0.321 e. The van der Waals surface area contributed by atoms with Crippen molar-refractivity contribution in [2.45, 2.75) is 39.0 Å². The number of urea groups is 1. The quantitative estimate of drug-likeness (QED) is 0.534. The molecule has 3 aromatic rings. The van der Waals surface area contributed by atoms with Gasteiger partial charge in [0.1, 0.15) is 5.69 Å². The molecule has 2 aliphatic rings. The summed E-state index contributed by atoms with van der Waals surface area (Å²) in [5.41, 5.74) is 3.02. The number of amides is 2. The van der Waals surface area contributed by atoms with Crippen LogP contribution in [0.4, 0.5) is 16.3 Å². The van der Waals surface area contributed by atoms with E-state index in [9.17, 15) is 4.79 Å². The topological polar surface area (TPSA) is 107 Å². The number of carbonyl (C=O) groups is 1. The fraction of sp³-hybridized carbons (Fsp3) is 0.583. The molecule has 188 valence electrons. The Morgan fingerprint density at radius 1 is 1.31 bits per heavy atom. The van der Waals surface area contributed by atoms with Crippen molar-refractivity contribution in [3.05, 3.63) is 18.5 Å². The molecule has 0 spiro atoms. The average Bonchev–Trinajstić information content (AvgIpc) is 3.52. The molecular formula is C24H35N9O2. The number of hydrogen-bond acceptors (Lipinski definition) is 7. The SMILES string of the molecule is COC1CN(c2nn(CC(C)C)c3cc(-c4[nH]ncc4NC(=O)N(C)[C@@H]4CCN(C)C4)ncc23)C1. The zero-order valence-electron chi connectivity index (χ0n) is 21.2. The van der Waals surface area contributed by atoms with E-state index in [1.165, 1.54) is 0 Å². The summed E-state index contributed by atoms with van der Waals surface area (Å²) in [5, 5.41) is 16.2. The Labute approximate surface area is 205 Å². The van der Waals surface area contributed by atoms with Crippen LogP contribution in [0.5, 0.6) is 0 Å². The summed E-state index contributed by atoms with van der Waals surface area (Å²) in [6, 6.07) is 2.08. The molecule has 11 heteroatoms. The zero-order valence-corrected chi connectivity index (χ0v) is 21.2. The molecule has 0 radical (unpaired) electrons. The molecule has 3 aromatic heterocycles. The van der Waals surface area contributed by atoms with Crippen LogP contribution in [-0.2, 0) is 11.3 Å². The number of hydrogen-bond donors (Lipinski definition) is 2. The van der Waals surface area contributed by atoms with E-state index in [4.69, 9.17) is 14.8 Å². The fourth-order valence-electron chi connectivity index (χ4n) is 4.84. The van der Waals surface area contributed by atoms with Crippen molar-refractivity contribution in [1.82, 2.24) is 34.8 Å². The highest BCUT2D eigenvalue weighted by atomic mass is 16.5. The van der Waals surface area contributed by atoms with Crippen LogP contribution in [0, 0.1) is 5.92 Å². The highest BCUT2D eigenvalue weighted by Gasteiger charge is 2.31. The third-order valence-corrected chi connectivity index (χ3v) is 7.01. The number of carbonyl (C=O) groups excluding carboxylic acids is 1. The van der Waals surface area contributed by atoms with Crippen molar-refractivity contribution in [1.29, 1.82) is 0 Å². The van der Waals surface area contributed by atoms with E-state index < -0.39 is 0 Å². The highest BCUT2D eigenvalue weighted by molar-refractivity contribution is 5.96. The predicted octanol–water partition coefficient (Wildman–Crippen LogP) is 2.48. The van der Waals surface area contributed by atoms with Gasteiger partial charge >= 0.3 is 6.03 Å². The van der Waals surface area contributed by atoms with E-state index in [0.29, 0.717) is 23.0 Å². The Balaban J connectivity index is 1.42. The van der Waals surface area contributed by atoms with Crippen LogP contribution >= 0.6 is 0 Å². The predicted molar refractivity (Wildman–Crippen MR) is 136 cm³/mol. The minimum absolute atomic E-state index is 0.147. The number of aromatic nitrogens is 5. The van der Waals surface area contributed by atoms with Crippen molar-refractivity contribution in [2.24, 2.45) is 5.92 Å². The molecule has 5 heterocycles. The smallest absolute Gasteiger partial charge is 0.321 e. The molecule has 0 aromatic carbocycles. The average molecular weight is 482 g/mol. The lowest BCUT2D eigenvalue weighted by atomic mass is 10.1. The second-order valence-corrected chi connectivity index (χ2v) is 10.2. The third kappa shape index (κ3) is 4.57. The molecule has 2 fully saturated rings. The largest absolute Gasteiger partial charge is 0.378 e. The molecule has 11 nitrogen and oxygen atoms in total. The minimum atomic E-state index is -0.147. The summed E-state index contributed by atoms with van der Waals surface area (Å²) in [6.45, 7) is 8.69. The lowest BCUT2D eigenvalue weighted by Crippen LogP contribution is -2.52. The standard InChI is InChI=1S/C24H35N9O2/c1-15(2)11-33-21-8-19(25-9-18(21)23(29-33)32-13-17(14-32)35-5)22-20(10-26-28-22)27-24(34)31(4)16-6-7-30(3)12-16/h8-10,15-17H,6-7,11-14H2,1-5H3,(H,26,28)(H,27,34)/t16-/m1/s1. The first-order valence-electron chi connectivity index (χ1n) is 12.2. The van der Waals surface area contributed by atoms with Crippen LogP contribution in [0.3, 0.4) is 0 Å². The van der Waals surface area contributed by atoms with E-state index in [1.54, 1.807) is 18.2 Å². The van der Waals surface area contributed by atoms with Gasteiger partial charge in [-0.25, -0.2) is 4.79 Å². The molecule has 0 aliphatic carbocycles. The summed E-state index contributed by atoms with van der Waals surface area (Å²) < 4.78 is 7.50.